The van der Waals surface area contributed by atoms with E-state index in [1.54, 1.807) is 42.5 Å². The summed E-state index contributed by atoms with van der Waals surface area (Å²) in [7, 11) is 0. The van der Waals surface area contributed by atoms with Gasteiger partial charge >= 0.3 is 5.97 Å². The second-order valence-corrected chi connectivity index (χ2v) is 8.43. The molecule has 0 spiro atoms. The molecule has 0 unspecified atom stereocenters. The third kappa shape index (κ3) is 5.41. The van der Waals surface area contributed by atoms with Crippen molar-refractivity contribution in [2.75, 3.05) is 0 Å². The van der Waals surface area contributed by atoms with E-state index in [9.17, 15) is 9.90 Å². The summed E-state index contributed by atoms with van der Waals surface area (Å²) in [4.78, 5) is 19.4. The number of aromatic nitrogens is 2. The van der Waals surface area contributed by atoms with E-state index >= 15 is 0 Å². The number of thioether (sulfide) groups is 1. The Labute approximate surface area is 192 Å². The number of ether oxygens (including phenoxy) is 1. The summed E-state index contributed by atoms with van der Waals surface area (Å²) in [6, 6.07) is 20.1. The molecule has 0 aliphatic carbocycles. The molecule has 0 atom stereocenters. The third-order valence-electron chi connectivity index (χ3n) is 4.35. The predicted molar refractivity (Wildman–Crippen MR) is 125 cm³/mol. The fourth-order valence-electron chi connectivity index (χ4n) is 2.82. The van der Waals surface area contributed by atoms with Crippen LogP contribution in [0.25, 0.3) is 17.1 Å². The molecule has 31 heavy (non-hydrogen) atoms. The molecule has 4 aromatic rings. The van der Waals surface area contributed by atoms with Gasteiger partial charge in [0.25, 0.3) is 0 Å². The number of hydrogen-bond acceptors (Lipinski definition) is 4. The Bertz CT molecular complexity index is 1240. The Kier molecular flexibility index (Phi) is 6.51. The molecule has 0 saturated carbocycles. The number of H-pyrrole nitrogens is 1. The number of carboxylic acid groups (broad SMARTS) is 1. The lowest BCUT2D eigenvalue weighted by Gasteiger charge is -2.08. The molecule has 8 heteroatoms. The number of rotatable bonds is 7. The lowest BCUT2D eigenvalue weighted by molar-refractivity contribution is -0.131. The van der Waals surface area contributed by atoms with Crippen molar-refractivity contribution in [1.29, 1.82) is 0 Å². The first-order valence-electron chi connectivity index (χ1n) is 9.22. The van der Waals surface area contributed by atoms with Gasteiger partial charge in [0.2, 0.25) is 0 Å². The Morgan fingerprint density at radius 1 is 1.06 bits per heavy atom. The normalized spacial score (nSPS) is 11.6. The van der Waals surface area contributed by atoms with Crippen molar-refractivity contribution in [2.24, 2.45) is 0 Å². The molecule has 1 heterocycles. The number of fused-ring (bicyclic) bond motifs is 1. The Morgan fingerprint density at radius 3 is 2.55 bits per heavy atom. The lowest BCUT2D eigenvalue weighted by atomic mass is 10.2. The minimum atomic E-state index is -1.02. The highest BCUT2D eigenvalue weighted by atomic mass is 35.5. The number of carbonyl (C=O) groups is 1. The van der Waals surface area contributed by atoms with Gasteiger partial charge in [0.15, 0.2) is 5.16 Å². The molecule has 0 saturated heterocycles. The lowest BCUT2D eigenvalue weighted by Crippen LogP contribution is -1.97. The van der Waals surface area contributed by atoms with Crippen molar-refractivity contribution in [3.05, 3.63) is 92.8 Å². The number of aromatic amines is 1. The number of imidazole rings is 1. The summed E-state index contributed by atoms with van der Waals surface area (Å²) in [6.07, 6.45) is 1.60. The molecule has 3 aromatic carbocycles. The minimum Gasteiger partial charge on any atom is -0.489 e. The van der Waals surface area contributed by atoms with Crippen molar-refractivity contribution in [3.8, 4) is 5.75 Å². The molecule has 0 amide bonds. The van der Waals surface area contributed by atoms with E-state index in [4.69, 9.17) is 27.9 Å². The molecule has 0 aliphatic rings. The fourth-order valence-corrected chi connectivity index (χ4v) is 3.94. The summed E-state index contributed by atoms with van der Waals surface area (Å²) in [5.41, 5.74) is 3.29. The number of hydrogen-bond donors (Lipinski definition) is 2. The molecule has 0 aliphatic heterocycles. The van der Waals surface area contributed by atoms with E-state index in [0.29, 0.717) is 27.6 Å². The van der Waals surface area contributed by atoms with E-state index in [1.807, 2.05) is 30.3 Å². The van der Waals surface area contributed by atoms with E-state index < -0.39 is 5.97 Å². The van der Waals surface area contributed by atoms with Crippen molar-refractivity contribution < 1.29 is 14.6 Å². The van der Waals surface area contributed by atoms with Crippen LogP contribution in [0, 0.1) is 0 Å². The smallest absolute Gasteiger partial charge is 0.342 e. The van der Waals surface area contributed by atoms with Gasteiger partial charge in [-0.2, -0.15) is 0 Å². The van der Waals surface area contributed by atoms with Crippen LogP contribution in [0.4, 0.5) is 0 Å². The van der Waals surface area contributed by atoms with Gasteiger partial charge in [0.05, 0.1) is 21.1 Å². The number of para-hydroxylation sites is 2. The molecule has 156 valence electrons. The molecular formula is C23H16Cl2N2O3S. The average molecular weight is 471 g/mol. The summed E-state index contributed by atoms with van der Waals surface area (Å²) in [6.45, 7) is 0.342. The molecule has 0 radical (unpaired) electrons. The molecule has 4 rings (SSSR count). The second-order valence-electron chi connectivity index (χ2n) is 6.58. The first-order chi connectivity index (χ1) is 15.0. The number of carboxylic acids is 1. The van der Waals surface area contributed by atoms with E-state index in [1.165, 1.54) is 0 Å². The molecule has 5 nitrogen and oxygen atoms in total. The number of benzene rings is 3. The Morgan fingerprint density at radius 2 is 1.84 bits per heavy atom. The SMILES string of the molecule is O=C(O)/C(=C/c1ccc(OCc2ccc(Cl)c(Cl)c2)cc1)Sc1nc2ccccc2[nH]1. The monoisotopic (exact) mass is 470 g/mol. The summed E-state index contributed by atoms with van der Waals surface area (Å²) < 4.78 is 5.76. The van der Waals surface area contributed by atoms with Crippen LogP contribution in [-0.2, 0) is 11.4 Å². The van der Waals surface area contributed by atoms with Gasteiger partial charge in [0.1, 0.15) is 17.3 Å². The largest absolute Gasteiger partial charge is 0.489 e. The van der Waals surface area contributed by atoms with Crippen LogP contribution >= 0.6 is 35.0 Å². The van der Waals surface area contributed by atoms with Crippen LogP contribution in [-0.4, -0.2) is 21.0 Å². The van der Waals surface area contributed by atoms with Crippen LogP contribution in [0.3, 0.4) is 0 Å². The number of halogens is 2. The molecule has 2 N–H and O–H groups in total. The van der Waals surface area contributed by atoms with Crippen molar-refractivity contribution >= 4 is 58.0 Å². The van der Waals surface area contributed by atoms with E-state index in [0.717, 1.165) is 33.9 Å². The zero-order chi connectivity index (χ0) is 21.8. The second kappa shape index (κ2) is 9.47. The quantitative estimate of drug-likeness (QED) is 0.233. The van der Waals surface area contributed by atoms with Gasteiger partial charge in [-0.25, -0.2) is 9.78 Å². The summed E-state index contributed by atoms with van der Waals surface area (Å²) in [5, 5.41) is 11.1. The minimum absolute atomic E-state index is 0.156. The maximum atomic E-state index is 11.7. The van der Waals surface area contributed by atoms with Crippen LogP contribution in [0.1, 0.15) is 11.1 Å². The fraction of sp³-hybridized carbons (Fsp3) is 0.0435. The molecule has 0 bridgehead atoms. The average Bonchev–Trinajstić information content (AvgIpc) is 3.17. The topological polar surface area (TPSA) is 75.2 Å². The molecular weight excluding hydrogens is 455 g/mol. The molecule has 1 aromatic heterocycles. The predicted octanol–water partition coefficient (Wildman–Crippen LogP) is 6.67. The van der Waals surface area contributed by atoms with E-state index in [2.05, 4.69) is 9.97 Å². The van der Waals surface area contributed by atoms with Gasteiger partial charge in [-0.05, 0) is 65.4 Å². The van der Waals surface area contributed by atoms with Gasteiger partial charge in [-0.15, -0.1) is 0 Å². The number of nitrogens with zero attached hydrogens (tertiary/aromatic N) is 1. The highest BCUT2D eigenvalue weighted by Gasteiger charge is 2.13. The number of nitrogens with one attached hydrogen (secondary N) is 1. The summed E-state index contributed by atoms with van der Waals surface area (Å²) >= 11 is 13.0. The van der Waals surface area contributed by atoms with Gasteiger partial charge < -0.3 is 14.8 Å². The van der Waals surface area contributed by atoms with E-state index in [-0.39, 0.29) is 4.91 Å². The van der Waals surface area contributed by atoms with Gasteiger partial charge in [-0.1, -0.05) is 53.5 Å². The van der Waals surface area contributed by atoms with Crippen LogP contribution in [0.5, 0.6) is 5.75 Å². The maximum absolute atomic E-state index is 11.7. The van der Waals surface area contributed by atoms with Crippen molar-refractivity contribution in [3.63, 3.8) is 0 Å². The van der Waals surface area contributed by atoms with Crippen molar-refractivity contribution in [1.82, 2.24) is 9.97 Å². The number of aliphatic carboxylic acids is 1. The van der Waals surface area contributed by atoms with Gasteiger partial charge in [0, 0.05) is 0 Å². The zero-order valence-corrected chi connectivity index (χ0v) is 18.3. The summed E-state index contributed by atoms with van der Waals surface area (Å²) in [5.74, 6) is -0.365. The van der Waals surface area contributed by atoms with Crippen LogP contribution < -0.4 is 4.74 Å². The Balaban J connectivity index is 1.45. The molecule has 0 fully saturated rings. The zero-order valence-electron chi connectivity index (χ0n) is 16.0. The van der Waals surface area contributed by atoms with Crippen molar-refractivity contribution in [2.45, 2.75) is 11.8 Å². The first-order valence-corrected chi connectivity index (χ1v) is 10.8. The highest BCUT2D eigenvalue weighted by Crippen LogP contribution is 2.29. The third-order valence-corrected chi connectivity index (χ3v) is 5.99. The Hall–Kier alpha value is -2.93. The van der Waals surface area contributed by atoms with Crippen LogP contribution in [0.15, 0.2) is 76.8 Å². The maximum Gasteiger partial charge on any atom is 0.342 e. The highest BCUT2D eigenvalue weighted by molar-refractivity contribution is 8.04. The standard InChI is InChI=1S/C23H16Cl2N2O3S/c24-17-10-7-15(11-18(17)25)13-30-16-8-5-14(6-9-16)12-21(22(28)29)31-23-26-19-3-1-2-4-20(19)27-23/h1-12H,13H2,(H,26,27)(H,28,29)/b21-12-. The van der Waals surface area contributed by atoms with Gasteiger partial charge in [-0.3, -0.25) is 0 Å². The van der Waals surface area contributed by atoms with Crippen LogP contribution in [0.2, 0.25) is 10.0 Å². The first kappa shape index (κ1) is 21.3.